The number of hydrogen-bond donors (Lipinski definition) is 8. The van der Waals surface area contributed by atoms with Gasteiger partial charge in [-0.1, -0.05) is 0 Å². The van der Waals surface area contributed by atoms with Gasteiger partial charge in [-0.3, -0.25) is 9.80 Å². The number of ether oxygens (including phenoxy) is 2. The molecule has 4 aliphatic carbocycles. The molecule has 2 saturated heterocycles. The molecule has 48 heavy (non-hydrogen) atoms. The van der Waals surface area contributed by atoms with Gasteiger partial charge in [-0.25, -0.2) is 0 Å². The minimum absolute atomic E-state index is 0. The van der Waals surface area contributed by atoms with Crippen LogP contribution in [0.15, 0.2) is 0 Å². The zero-order valence-corrected chi connectivity index (χ0v) is 30.1. The van der Waals surface area contributed by atoms with Gasteiger partial charge in [-0.05, 0) is 113 Å². The standard InChI is InChI=1S/C34H62N2O10.2ClH/c37-18-25-29(41)31(43)27(39)16-35(25)7-3-1-5-9-45-21-33-12-23-11-24(13-33)15-34(14-23,20-33)22-46-10-6-2-4-8-36-17-28(40)32(44)30(42)26(36)19-38;;/h23-32,37-44H,1-22H2;2*1H/t23?,24?,25-,26-,27-,28-,29+,30+,31+,32+,33?,34?;;/m0../s1. The molecule has 0 amide bonds. The minimum Gasteiger partial charge on any atom is -0.395 e. The van der Waals surface area contributed by atoms with E-state index in [9.17, 15) is 40.9 Å². The van der Waals surface area contributed by atoms with Crippen LogP contribution < -0.4 is 0 Å². The largest absolute Gasteiger partial charge is 0.395 e. The third kappa shape index (κ3) is 10.2. The maximum Gasteiger partial charge on any atom is 0.109 e. The van der Waals surface area contributed by atoms with Crippen LogP contribution in [0.25, 0.3) is 0 Å². The molecule has 8 N–H and O–H groups in total. The van der Waals surface area contributed by atoms with Gasteiger partial charge in [0.25, 0.3) is 0 Å². The second-order valence-corrected chi connectivity index (χ2v) is 15.8. The van der Waals surface area contributed by atoms with E-state index in [-0.39, 0.29) is 61.9 Å². The number of unbranched alkanes of at least 4 members (excludes halogenated alkanes) is 4. The van der Waals surface area contributed by atoms with Gasteiger partial charge in [0.05, 0.1) is 50.7 Å². The number of aliphatic hydroxyl groups is 8. The molecule has 14 heteroatoms. The number of β-amino-alcohol motifs (C(OH)–C–C–N with tert-alkyl or cyclic N) is 2. The highest BCUT2D eigenvalue weighted by Gasteiger charge is 2.57. The van der Waals surface area contributed by atoms with Crippen molar-refractivity contribution in [2.24, 2.45) is 22.7 Å². The predicted octanol–water partition coefficient (Wildman–Crippen LogP) is 0.309. The fourth-order valence-corrected chi connectivity index (χ4v) is 10.2. The van der Waals surface area contributed by atoms with Gasteiger partial charge in [-0.15, -0.1) is 24.8 Å². The molecule has 4 bridgehead atoms. The molecule has 0 spiro atoms. The van der Waals surface area contributed by atoms with E-state index in [0.717, 1.165) is 76.8 Å². The molecule has 4 saturated carbocycles. The van der Waals surface area contributed by atoms with E-state index in [1.54, 1.807) is 0 Å². The third-order valence-electron chi connectivity index (χ3n) is 12.0. The quantitative estimate of drug-likeness (QED) is 0.0904. The van der Waals surface area contributed by atoms with Gasteiger partial charge in [0.2, 0.25) is 0 Å². The summed E-state index contributed by atoms with van der Waals surface area (Å²) in [5, 5.41) is 79.5. The van der Waals surface area contributed by atoms with Crippen molar-refractivity contribution in [2.45, 2.75) is 126 Å². The molecular formula is C34H64Cl2N2O10. The molecule has 0 radical (unpaired) electrons. The average molecular weight is 732 g/mol. The summed E-state index contributed by atoms with van der Waals surface area (Å²) in [6, 6.07) is -1.09. The molecule has 0 aromatic heterocycles. The number of aliphatic hydroxyl groups excluding tert-OH is 8. The van der Waals surface area contributed by atoms with Gasteiger partial charge in [-0.2, -0.15) is 0 Å². The normalized spacial score (nSPS) is 41.2. The summed E-state index contributed by atoms with van der Waals surface area (Å²) in [4.78, 5) is 3.77. The molecule has 284 valence electrons. The van der Waals surface area contributed by atoms with Crippen LogP contribution in [0.3, 0.4) is 0 Å². The topological polar surface area (TPSA) is 187 Å². The van der Waals surface area contributed by atoms with Crippen molar-refractivity contribution >= 4 is 24.8 Å². The van der Waals surface area contributed by atoms with E-state index >= 15 is 0 Å². The molecule has 2 heterocycles. The second-order valence-electron chi connectivity index (χ2n) is 15.8. The number of hydrogen-bond acceptors (Lipinski definition) is 12. The lowest BCUT2D eigenvalue weighted by Gasteiger charge is -2.62. The fraction of sp³-hybridized carbons (Fsp3) is 1.00. The third-order valence-corrected chi connectivity index (χ3v) is 12.0. The zero-order chi connectivity index (χ0) is 32.9. The predicted molar refractivity (Wildman–Crippen MR) is 184 cm³/mol. The van der Waals surface area contributed by atoms with Crippen molar-refractivity contribution in [2.75, 3.05) is 65.8 Å². The molecule has 6 rings (SSSR count). The Hall–Kier alpha value is 0.100. The van der Waals surface area contributed by atoms with Gasteiger partial charge in [0.15, 0.2) is 0 Å². The van der Waals surface area contributed by atoms with Crippen molar-refractivity contribution in [1.29, 1.82) is 0 Å². The Balaban J connectivity index is 0.00000312. The number of nitrogens with zero attached hydrogens (tertiary/aromatic N) is 2. The lowest BCUT2D eigenvalue weighted by Crippen LogP contribution is -2.62. The Morgan fingerprint density at radius 2 is 0.938 bits per heavy atom. The van der Waals surface area contributed by atoms with E-state index in [1.807, 2.05) is 9.80 Å². The Bertz CT molecular complexity index is 860. The Kier molecular flexibility index (Phi) is 17.1. The van der Waals surface area contributed by atoms with Crippen LogP contribution in [-0.2, 0) is 9.47 Å². The van der Waals surface area contributed by atoms with Crippen LogP contribution in [-0.4, -0.2) is 165 Å². The summed E-state index contributed by atoms with van der Waals surface area (Å²) in [5.41, 5.74) is 0.534. The molecule has 0 aromatic carbocycles. The first-order valence-electron chi connectivity index (χ1n) is 18.0. The van der Waals surface area contributed by atoms with Crippen molar-refractivity contribution in [3.63, 3.8) is 0 Å². The first-order chi connectivity index (χ1) is 22.1. The first-order valence-corrected chi connectivity index (χ1v) is 18.0. The number of likely N-dealkylation sites (tertiary alicyclic amines) is 2. The highest BCUT2D eigenvalue weighted by atomic mass is 35.5. The molecular weight excluding hydrogens is 667 g/mol. The zero-order valence-electron chi connectivity index (χ0n) is 28.4. The minimum atomic E-state index is -1.22. The molecule has 6 aliphatic rings. The Labute approximate surface area is 298 Å². The smallest absolute Gasteiger partial charge is 0.109 e. The molecule has 0 unspecified atom stereocenters. The summed E-state index contributed by atoms with van der Waals surface area (Å²) in [6.45, 7) is 4.42. The summed E-state index contributed by atoms with van der Waals surface area (Å²) < 4.78 is 12.7. The van der Waals surface area contributed by atoms with Gasteiger partial charge in [0, 0.05) is 26.3 Å². The maximum atomic E-state index is 10.2. The van der Waals surface area contributed by atoms with E-state index in [0.29, 0.717) is 13.1 Å². The highest BCUT2D eigenvalue weighted by Crippen LogP contribution is 2.65. The molecule has 2 aliphatic heterocycles. The monoisotopic (exact) mass is 730 g/mol. The second kappa shape index (κ2) is 19.3. The molecule has 6 fully saturated rings. The maximum absolute atomic E-state index is 10.2. The number of halogens is 2. The van der Waals surface area contributed by atoms with E-state index in [4.69, 9.17) is 9.47 Å². The molecule has 0 aromatic rings. The van der Waals surface area contributed by atoms with Crippen molar-refractivity contribution in [3.05, 3.63) is 0 Å². The summed E-state index contributed by atoms with van der Waals surface area (Å²) in [6.07, 6.45) is 6.46. The van der Waals surface area contributed by atoms with Gasteiger partial charge >= 0.3 is 0 Å². The average Bonchev–Trinajstić information content (AvgIpc) is 3.01. The van der Waals surface area contributed by atoms with Crippen LogP contribution in [0, 0.1) is 22.7 Å². The molecule has 8 atom stereocenters. The highest BCUT2D eigenvalue weighted by molar-refractivity contribution is 5.85. The first kappa shape index (κ1) is 42.5. The Morgan fingerprint density at radius 3 is 1.31 bits per heavy atom. The number of piperidine rings is 2. The Morgan fingerprint density at radius 1 is 0.542 bits per heavy atom. The lowest BCUT2D eigenvalue weighted by atomic mass is 9.44. The van der Waals surface area contributed by atoms with Crippen LogP contribution in [0.1, 0.15) is 77.0 Å². The van der Waals surface area contributed by atoms with Crippen LogP contribution in [0.4, 0.5) is 0 Å². The van der Waals surface area contributed by atoms with E-state index in [1.165, 1.54) is 38.5 Å². The number of rotatable bonds is 18. The van der Waals surface area contributed by atoms with Crippen molar-refractivity contribution < 1.29 is 50.3 Å². The van der Waals surface area contributed by atoms with Crippen LogP contribution >= 0.6 is 24.8 Å². The van der Waals surface area contributed by atoms with Gasteiger partial charge < -0.3 is 50.3 Å². The van der Waals surface area contributed by atoms with Crippen LogP contribution in [0.5, 0.6) is 0 Å². The fourth-order valence-electron chi connectivity index (χ4n) is 10.2. The van der Waals surface area contributed by atoms with Crippen molar-refractivity contribution in [1.82, 2.24) is 9.80 Å². The summed E-state index contributed by atoms with van der Waals surface area (Å²) in [5.74, 6) is 1.55. The summed E-state index contributed by atoms with van der Waals surface area (Å²) >= 11 is 0. The lowest BCUT2D eigenvalue weighted by molar-refractivity contribution is -0.161. The van der Waals surface area contributed by atoms with Crippen LogP contribution in [0.2, 0.25) is 0 Å². The van der Waals surface area contributed by atoms with E-state index < -0.39 is 48.7 Å². The molecule has 12 nitrogen and oxygen atoms in total. The van der Waals surface area contributed by atoms with Crippen molar-refractivity contribution in [3.8, 4) is 0 Å². The van der Waals surface area contributed by atoms with E-state index in [2.05, 4.69) is 0 Å². The SMILES string of the molecule is Cl.Cl.OC[C@H]1[C@@H](O)[C@H](O)[C@@H](O)CN1CCCCCOCC12CC3CC(C1)CC(COCCCCCN1C[C@H](O)[C@@H](O)[C@H](O)[C@@H]1CO)(C3)C2. The summed E-state index contributed by atoms with van der Waals surface area (Å²) in [7, 11) is 0. The van der Waals surface area contributed by atoms with Gasteiger partial charge in [0.1, 0.15) is 24.4 Å².